The van der Waals surface area contributed by atoms with Gasteiger partial charge < -0.3 is 95.0 Å². The number of hydrogen-bond donors (Lipinski definition) is 17. The first-order valence-electron chi connectivity index (χ1n) is 31.2. The summed E-state index contributed by atoms with van der Waals surface area (Å²) in [5, 5.41) is 62.5. The Labute approximate surface area is 541 Å². The highest BCUT2D eigenvalue weighted by molar-refractivity contribution is 6.00. The minimum Gasteiger partial charge on any atom is -0.508 e. The van der Waals surface area contributed by atoms with Crippen molar-refractivity contribution in [1.29, 1.82) is 0 Å². The molecule has 1 aliphatic heterocycles. The SMILES string of the molecule is CC[C@H](C)[C@H](NC(=O)[C@@H](NC(=O)[C@H](CCCCN)NC(=O)[C@H](CCC(N)=O)NC(=O)[C@H](Cc1c[nH]c2ccccc12)NC(=O)[C@@H](N)CC(=O)O)[C@@H](C)O)C(=O)N1CCC[C@H]1C(=O)N[C@@H](C)C(=O)N[C@@H](Cc1ccc(O)cc1)C(=O)N[C@@H](Cc1c[nH]c2ccccc12)C(=O)O. The Kier molecular flexibility index (Phi) is 26.9. The molecule has 94 heavy (non-hydrogen) atoms. The van der Waals surface area contributed by atoms with E-state index in [2.05, 4.69) is 52.5 Å². The molecule has 3 aromatic carbocycles. The molecule has 30 heteroatoms. The largest absolute Gasteiger partial charge is 0.508 e. The molecular weight excluding hydrogens is 1220 g/mol. The maximum absolute atomic E-state index is 14.7. The van der Waals surface area contributed by atoms with E-state index < -0.39 is 163 Å². The first-order valence-corrected chi connectivity index (χ1v) is 31.2. The number of aromatic amines is 2. The summed E-state index contributed by atoms with van der Waals surface area (Å²) >= 11 is 0. The van der Waals surface area contributed by atoms with Crippen molar-refractivity contribution in [3.63, 3.8) is 0 Å². The van der Waals surface area contributed by atoms with E-state index in [0.717, 1.165) is 10.9 Å². The summed E-state index contributed by atoms with van der Waals surface area (Å²) in [6.45, 7) is 6.16. The quantitative estimate of drug-likeness (QED) is 0.0213. The number of likely N-dealkylation sites (tertiary alicyclic amines) is 1. The van der Waals surface area contributed by atoms with Crippen molar-refractivity contribution < 1.29 is 78.0 Å². The Morgan fingerprint density at radius 2 is 1.12 bits per heavy atom. The smallest absolute Gasteiger partial charge is 0.326 e. The van der Waals surface area contributed by atoms with Gasteiger partial charge in [-0.1, -0.05) is 68.8 Å². The number of hydrogen-bond acceptors (Lipinski definition) is 16. The van der Waals surface area contributed by atoms with Crippen molar-refractivity contribution in [2.24, 2.45) is 23.1 Å². The Morgan fingerprint density at radius 1 is 0.606 bits per heavy atom. The number of nitrogens with one attached hydrogen (secondary N) is 10. The predicted octanol–water partition coefficient (Wildman–Crippen LogP) is -1.02. The van der Waals surface area contributed by atoms with Crippen LogP contribution < -0.4 is 59.7 Å². The molecule has 12 atom stereocenters. The number of carbonyl (C=O) groups is 12. The van der Waals surface area contributed by atoms with E-state index in [-0.39, 0.29) is 57.4 Å². The number of phenolic OH excluding ortho intramolecular Hbond substituents is 1. The number of aliphatic carboxylic acids is 2. The number of nitrogens with two attached hydrogens (primary N) is 3. The normalized spacial score (nSPS) is 16.5. The number of carboxylic acid groups (broad SMARTS) is 2. The van der Waals surface area contributed by atoms with Crippen molar-refractivity contribution in [2.75, 3.05) is 13.1 Å². The molecule has 508 valence electrons. The number of aliphatic hydroxyl groups excluding tert-OH is 1. The third kappa shape index (κ3) is 20.5. The van der Waals surface area contributed by atoms with E-state index in [9.17, 15) is 78.0 Å². The molecule has 1 saturated heterocycles. The van der Waals surface area contributed by atoms with Gasteiger partial charge in [0.1, 0.15) is 60.1 Å². The molecule has 1 fully saturated rings. The van der Waals surface area contributed by atoms with Crippen LogP contribution >= 0.6 is 0 Å². The van der Waals surface area contributed by atoms with Crippen LogP contribution in [-0.4, -0.2) is 186 Å². The minimum atomic E-state index is -1.78. The monoisotopic (exact) mass is 1310 g/mol. The molecule has 30 nitrogen and oxygen atoms in total. The third-order valence-electron chi connectivity index (χ3n) is 16.5. The lowest BCUT2D eigenvalue weighted by Gasteiger charge is -2.33. The molecule has 2 aromatic heterocycles. The molecule has 0 spiro atoms. The van der Waals surface area contributed by atoms with Crippen molar-refractivity contribution in [1.82, 2.24) is 57.4 Å². The van der Waals surface area contributed by atoms with Crippen molar-refractivity contribution >= 4 is 92.8 Å². The van der Waals surface area contributed by atoms with Crippen LogP contribution in [0.4, 0.5) is 0 Å². The average Bonchev–Trinajstić information content (AvgIpc) is 1.62. The molecule has 20 N–H and O–H groups in total. The molecule has 0 bridgehead atoms. The number of phenols is 1. The number of nitrogens with zero attached hydrogens (tertiary/aromatic N) is 1. The number of H-pyrrole nitrogens is 2. The van der Waals surface area contributed by atoms with Crippen molar-refractivity contribution in [3.05, 3.63) is 102 Å². The van der Waals surface area contributed by atoms with E-state index in [4.69, 9.17) is 17.2 Å². The van der Waals surface area contributed by atoms with E-state index in [0.29, 0.717) is 46.9 Å². The lowest BCUT2D eigenvalue weighted by Crippen LogP contribution is -2.62. The van der Waals surface area contributed by atoms with Crippen LogP contribution in [0, 0.1) is 5.92 Å². The van der Waals surface area contributed by atoms with Gasteiger partial charge in [0, 0.05) is 66.4 Å². The number of fused-ring (bicyclic) bond motifs is 2. The number of aliphatic hydroxyl groups is 1. The summed E-state index contributed by atoms with van der Waals surface area (Å²) in [5.41, 5.74) is 20.2. The summed E-state index contributed by atoms with van der Waals surface area (Å²) in [5.74, 6) is -12.4. The molecule has 3 heterocycles. The van der Waals surface area contributed by atoms with Gasteiger partial charge in [0.25, 0.3) is 0 Å². The summed E-state index contributed by atoms with van der Waals surface area (Å²) < 4.78 is 0. The van der Waals surface area contributed by atoms with Gasteiger partial charge in [0.05, 0.1) is 18.6 Å². The topological polar surface area (TPSA) is 495 Å². The highest BCUT2D eigenvalue weighted by atomic mass is 16.4. The van der Waals surface area contributed by atoms with E-state index in [1.54, 1.807) is 62.6 Å². The fourth-order valence-electron chi connectivity index (χ4n) is 11.0. The minimum absolute atomic E-state index is 0.0421. The number of primary amides is 1. The van der Waals surface area contributed by atoms with Gasteiger partial charge >= 0.3 is 11.9 Å². The van der Waals surface area contributed by atoms with Gasteiger partial charge in [0.2, 0.25) is 59.1 Å². The van der Waals surface area contributed by atoms with Gasteiger partial charge in [-0.15, -0.1) is 0 Å². The van der Waals surface area contributed by atoms with Gasteiger partial charge in [-0.2, -0.15) is 0 Å². The fraction of sp³-hybridized carbons (Fsp3) is 0.469. The van der Waals surface area contributed by atoms with Crippen LogP contribution in [0.15, 0.2) is 85.2 Å². The number of benzene rings is 3. The molecule has 0 radical (unpaired) electrons. The molecule has 1 aliphatic rings. The second-order valence-corrected chi connectivity index (χ2v) is 23.7. The Bertz CT molecular complexity index is 3520. The number of carbonyl (C=O) groups excluding carboxylic acids is 10. The number of amides is 10. The Morgan fingerprint density at radius 3 is 1.67 bits per heavy atom. The number of aromatic hydroxyl groups is 1. The average molecular weight is 1310 g/mol. The fourth-order valence-corrected chi connectivity index (χ4v) is 11.0. The van der Waals surface area contributed by atoms with Crippen molar-refractivity contribution in [3.8, 4) is 5.75 Å². The number of carboxylic acids is 2. The number of para-hydroxylation sites is 2. The number of aromatic nitrogens is 2. The zero-order chi connectivity index (χ0) is 68.9. The summed E-state index contributed by atoms with van der Waals surface area (Å²) in [7, 11) is 0. The third-order valence-corrected chi connectivity index (χ3v) is 16.5. The van der Waals surface area contributed by atoms with E-state index in [1.807, 2.05) is 12.1 Å². The summed E-state index contributed by atoms with van der Waals surface area (Å²) in [6, 6.07) is 5.41. The lowest BCUT2D eigenvalue weighted by molar-refractivity contribution is -0.144. The highest BCUT2D eigenvalue weighted by Gasteiger charge is 2.42. The molecule has 10 amide bonds. The molecule has 0 aliphatic carbocycles. The Hall–Kier alpha value is -9.94. The van der Waals surface area contributed by atoms with E-state index in [1.165, 1.54) is 43.0 Å². The van der Waals surface area contributed by atoms with Gasteiger partial charge in [-0.3, -0.25) is 52.7 Å². The Balaban J connectivity index is 1.14. The molecule has 6 rings (SSSR count). The van der Waals surface area contributed by atoms with Gasteiger partial charge in [-0.25, -0.2) is 4.79 Å². The molecule has 5 aromatic rings. The van der Waals surface area contributed by atoms with Crippen LogP contribution in [0.5, 0.6) is 5.75 Å². The number of rotatable bonds is 36. The lowest BCUT2D eigenvalue weighted by atomic mass is 9.96. The van der Waals surface area contributed by atoms with Crippen LogP contribution in [0.3, 0.4) is 0 Å². The predicted molar refractivity (Wildman–Crippen MR) is 342 cm³/mol. The van der Waals surface area contributed by atoms with Crippen LogP contribution in [0.25, 0.3) is 21.8 Å². The zero-order valence-corrected chi connectivity index (χ0v) is 52.8. The first-order chi connectivity index (χ1) is 44.7. The van der Waals surface area contributed by atoms with Gasteiger partial charge in [0.15, 0.2) is 0 Å². The second kappa shape index (κ2) is 34.6. The zero-order valence-electron chi connectivity index (χ0n) is 52.8. The number of unbranched alkanes of at least 4 members (excludes halogenated alkanes) is 1. The summed E-state index contributed by atoms with van der Waals surface area (Å²) in [6.07, 6.45) is 0.732. The summed E-state index contributed by atoms with van der Waals surface area (Å²) in [4.78, 5) is 171. The second-order valence-electron chi connectivity index (χ2n) is 23.7. The highest BCUT2D eigenvalue weighted by Crippen LogP contribution is 2.24. The standard InChI is InChI=1S/C64H86N14O16/c1-5-33(2)53(63(92)78-26-12-18-50(78)61(90)70-34(3)55(84)73-47(27-36-19-21-39(80)22-20-36)59(88)75-49(64(93)94)29-38-32-69-44-16-9-7-14-41(38)44)76-62(91)54(35(4)79)77-58(87)45(17-10-11-25-65)71-57(86)46(23-24-51(67)81)72-60(89)48(74-56(85)42(66)30-52(82)83)28-37-31-68-43-15-8-6-13-40(37)43/h6-9,13-16,19-22,31-35,42,45-50,53-54,68-69,79-80H,5,10-12,17-18,23-30,65-66H2,1-4H3,(H2,67,81)(H,70,90)(H,71,86)(H,72,89)(H,73,84)(H,74,85)(H,75,88)(H,76,91)(H,77,87)(H,82,83)(H,93,94)/t33-,34-,35+,42-,45-,46-,47-,48-,49-,50-,53-,54-/m0/s1. The molecular formula is C64H86N14O16. The van der Waals surface area contributed by atoms with Crippen LogP contribution in [0.2, 0.25) is 0 Å². The maximum Gasteiger partial charge on any atom is 0.326 e. The van der Waals surface area contributed by atoms with Gasteiger partial charge in [-0.05, 0) is 106 Å². The van der Waals surface area contributed by atoms with Crippen molar-refractivity contribution in [2.45, 2.75) is 171 Å². The van der Waals surface area contributed by atoms with Crippen LogP contribution in [-0.2, 0) is 76.8 Å². The van der Waals surface area contributed by atoms with Crippen LogP contribution in [0.1, 0.15) is 102 Å². The molecule has 0 saturated carbocycles. The molecule has 0 unspecified atom stereocenters. The maximum atomic E-state index is 14.7. The van der Waals surface area contributed by atoms with E-state index >= 15 is 0 Å². The first kappa shape index (κ1) is 73.1.